The Balaban J connectivity index is 2.45. The van der Waals surface area contributed by atoms with E-state index in [1.165, 1.54) is 0 Å². The Bertz CT molecular complexity index is 109. The van der Waals surface area contributed by atoms with E-state index in [0.29, 0.717) is 0 Å². The Morgan fingerprint density at radius 3 is 2.88 bits per heavy atom. The van der Waals surface area contributed by atoms with Crippen LogP contribution in [0.1, 0.15) is 6.92 Å². The van der Waals surface area contributed by atoms with Crippen LogP contribution in [-0.4, -0.2) is 17.9 Å². The number of nitrogens with one attached hydrogen (secondary N) is 2. The molecule has 1 heterocycles. The topological polar surface area (TPSA) is 44.3 Å². The highest BCUT2D eigenvalue weighted by Crippen LogP contribution is 1.97. The quantitative estimate of drug-likeness (QED) is 0.425. The molecule has 46 valence electrons. The average Bonchev–Trinajstić information content (AvgIpc) is 2.12. The molecule has 0 fully saturated rings. The highest BCUT2D eigenvalue weighted by Gasteiger charge is 2.06. The molecule has 0 amide bonds. The summed E-state index contributed by atoms with van der Waals surface area (Å²) in [5.74, 6) is 0. The first-order valence-electron chi connectivity index (χ1n) is 2.66. The molecule has 0 bridgehead atoms. The maximum absolute atomic E-state index is 8.88. The van der Waals surface area contributed by atoms with Crippen molar-refractivity contribution in [3.05, 3.63) is 11.9 Å². The van der Waals surface area contributed by atoms with Crippen molar-refractivity contribution in [2.45, 2.75) is 13.0 Å². The maximum Gasteiger partial charge on any atom is 0.0921 e. The monoisotopic (exact) mass is 114 g/mol. The van der Waals surface area contributed by atoms with Gasteiger partial charge in [-0.3, -0.25) is 0 Å². The first-order valence-corrected chi connectivity index (χ1v) is 2.66. The molecule has 1 rings (SSSR count). The molecule has 0 aromatic carbocycles. The summed E-state index contributed by atoms with van der Waals surface area (Å²) >= 11 is 0. The van der Waals surface area contributed by atoms with Crippen molar-refractivity contribution in [3.63, 3.8) is 0 Å². The van der Waals surface area contributed by atoms with E-state index < -0.39 is 0 Å². The van der Waals surface area contributed by atoms with Crippen molar-refractivity contribution in [1.82, 2.24) is 10.6 Å². The molecule has 0 radical (unpaired) electrons. The Kier molecular flexibility index (Phi) is 1.39. The SMILES string of the molecule is CC(O)C1=CNCN1. The predicted octanol–water partition coefficient (Wildman–Crippen LogP) is -0.641. The van der Waals surface area contributed by atoms with Crippen LogP contribution >= 0.6 is 0 Å². The maximum atomic E-state index is 8.88. The minimum atomic E-state index is -0.370. The van der Waals surface area contributed by atoms with Gasteiger partial charge in [0.15, 0.2) is 0 Å². The standard InChI is InChI=1S/C5H10N2O/c1-4(8)5-2-6-3-7-5/h2,4,6-8H,3H2,1H3. The van der Waals surface area contributed by atoms with Crippen molar-refractivity contribution < 1.29 is 5.11 Å². The van der Waals surface area contributed by atoms with Crippen LogP contribution in [0.25, 0.3) is 0 Å². The lowest BCUT2D eigenvalue weighted by Gasteiger charge is -2.03. The zero-order valence-electron chi connectivity index (χ0n) is 4.81. The molecule has 1 aliphatic rings. The van der Waals surface area contributed by atoms with E-state index in [4.69, 9.17) is 5.11 Å². The summed E-state index contributed by atoms with van der Waals surface area (Å²) in [5.41, 5.74) is 0.866. The normalized spacial score (nSPS) is 21.0. The molecule has 3 heteroatoms. The van der Waals surface area contributed by atoms with Gasteiger partial charge in [0.05, 0.1) is 18.5 Å². The molecule has 3 N–H and O–H groups in total. The third kappa shape index (κ3) is 0.924. The molecular formula is C5H10N2O. The molecule has 0 aromatic rings. The molecule has 1 unspecified atom stereocenters. The summed E-state index contributed by atoms with van der Waals surface area (Å²) in [5, 5.41) is 14.8. The van der Waals surface area contributed by atoms with Crippen molar-refractivity contribution in [2.75, 3.05) is 6.67 Å². The van der Waals surface area contributed by atoms with Gasteiger partial charge >= 0.3 is 0 Å². The van der Waals surface area contributed by atoms with Gasteiger partial charge in [0.1, 0.15) is 0 Å². The second kappa shape index (κ2) is 2.05. The van der Waals surface area contributed by atoms with Crippen LogP contribution in [0, 0.1) is 0 Å². The Labute approximate surface area is 48.4 Å². The average molecular weight is 114 g/mol. The molecule has 1 atom stereocenters. The number of aliphatic hydroxyl groups is 1. The number of rotatable bonds is 1. The van der Waals surface area contributed by atoms with E-state index in [9.17, 15) is 0 Å². The van der Waals surface area contributed by atoms with E-state index in [2.05, 4.69) is 10.6 Å². The Morgan fingerprint density at radius 1 is 1.88 bits per heavy atom. The van der Waals surface area contributed by atoms with Crippen molar-refractivity contribution in [3.8, 4) is 0 Å². The molecule has 0 spiro atoms. The zero-order chi connectivity index (χ0) is 5.98. The second-order valence-electron chi connectivity index (χ2n) is 1.83. The van der Waals surface area contributed by atoms with E-state index in [-0.39, 0.29) is 6.10 Å². The van der Waals surface area contributed by atoms with Crippen LogP contribution in [0.2, 0.25) is 0 Å². The fourth-order valence-electron chi connectivity index (χ4n) is 0.633. The van der Waals surface area contributed by atoms with Crippen LogP contribution in [0.15, 0.2) is 11.9 Å². The lowest BCUT2D eigenvalue weighted by atomic mass is 10.3. The third-order valence-electron chi connectivity index (χ3n) is 1.10. The third-order valence-corrected chi connectivity index (χ3v) is 1.10. The molecule has 8 heavy (non-hydrogen) atoms. The van der Waals surface area contributed by atoms with Gasteiger partial charge in [-0.2, -0.15) is 0 Å². The smallest absolute Gasteiger partial charge is 0.0921 e. The van der Waals surface area contributed by atoms with Crippen LogP contribution in [0.3, 0.4) is 0 Å². The minimum absolute atomic E-state index is 0.370. The second-order valence-corrected chi connectivity index (χ2v) is 1.83. The summed E-state index contributed by atoms with van der Waals surface area (Å²) < 4.78 is 0. The number of aliphatic hydroxyl groups excluding tert-OH is 1. The minimum Gasteiger partial charge on any atom is -0.387 e. The lowest BCUT2D eigenvalue weighted by molar-refractivity contribution is 0.225. The molecule has 0 saturated carbocycles. The lowest BCUT2D eigenvalue weighted by Crippen LogP contribution is -2.19. The molecule has 1 aliphatic heterocycles. The van der Waals surface area contributed by atoms with Crippen molar-refractivity contribution in [1.29, 1.82) is 0 Å². The van der Waals surface area contributed by atoms with Crippen LogP contribution in [0.4, 0.5) is 0 Å². The largest absolute Gasteiger partial charge is 0.387 e. The molecule has 0 aromatic heterocycles. The van der Waals surface area contributed by atoms with Crippen LogP contribution < -0.4 is 10.6 Å². The molecular weight excluding hydrogens is 104 g/mol. The first kappa shape index (κ1) is 5.44. The van der Waals surface area contributed by atoms with E-state index in [1.54, 1.807) is 13.1 Å². The van der Waals surface area contributed by atoms with Gasteiger partial charge in [-0.25, -0.2) is 0 Å². The van der Waals surface area contributed by atoms with Crippen LogP contribution in [-0.2, 0) is 0 Å². The van der Waals surface area contributed by atoms with E-state index >= 15 is 0 Å². The van der Waals surface area contributed by atoms with Gasteiger partial charge < -0.3 is 15.7 Å². The van der Waals surface area contributed by atoms with Gasteiger partial charge in [0.25, 0.3) is 0 Å². The molecule has 0 aliphatic carbocycles. The molecule has 0 saturated heterocycles. The summed E-state index contributed by atoms with van der Waals surface area (Å²) in [7, 11) is 0. The van der Waals surface area contributed by atoms with Gasteiger partial charge in [-0.15, -0.1) is 0 Å². The highest BCUT2D eigenvalue weighted by atomic mass is 16.3. The Morgan fingerprint density at radius 2 is 2.62 bits per heavy atom. The fraction of sp³-hybridized carbons (Fsp3) is 0.600. The van der Waals surface area contributed by atoms with Gasteiger partial charge in [0, 0.05) is 6.20 Å². The van der Waals surface area contributed by atoms with Crippen molar-refractivity contribution >= 4 is 0 Å². The first-order chi connectivity index (χ1) is 3.80. The summed E-state index contributed by atoms with van der Waals surface area (Å²) in [6.07, 6.45) is 1.41. The number of hydrogen-bond donors (Lipinski definition) is 3. The van der Waals surface area contributed by atoms with Gasteiger partial charge in [-0.05, 0) is 6.92 Å². The van der Waals surface area contributed by atoms with Crippen molar-refractivity contribution in [2.24, 2.45) is 0 Å². The van der Waals surface area contributed by atoms with Gasteiger partial charge in [0.2, 0.25) is 0 Å². The fourth-order valence-corrected chi connectivity index (χ4v) is 0.633. The van der Waals surface area contributed by atoms with Gasteiger partial charge in [-0.1, -0.05) is 0 Å². The highest BCUT2D eigenvalue weighted by molar-refractivity contribution is 5.06. The number of hydrogen-bond acceptors (Lipinski definition) is 3. The zero-order valence-corrected chi connectivity index (χ0v) is 4.81. The predicted molar refractivity (Wildman–Crippen MR) is 30.9 cm³/mol. The summed E-state index contributed by atoms with van der Waals surface area (Å²) in [6.45, 7) is 2.46. The summed E-state index contributed by atoms with van der Waals surface area (Å²) in [4.78, 5) is 0. The van der Waals surface area contributed by atoms with E-state index in [1.807, 2.05) is 0 Å². The van der Waals surface area contributed by atoms with Crippen LogP contribution in [0.5, 0.6) is 0 Å². The molecule has 3 nitrogen and oxygen atoms in total. The Hall–Kier alpha value is -0.700. The van der Waals surface area contributed by atoms with E-state index in [0.717, 1.165) is 12.4 Å². The summed E-state index contributed by atoms with van der Waals surface area (Å²) in [6, 6.07) is 0.